The van der Waals surface area contributed by atoms with Gasteiger partial charge < -0.3 is 10.1 Å². The molecule has 34 heavy (non-hydrogen) atoms. The fourth-order valence-electron chi connectivity index (χ4n) is 3.85. The third-order valence-electron chi connectivity index (χ3n) is 5.66. The number of aryl methyl sites for hydroxylation is 1. The van der Waals surface area contributed by atoms with Gasteiger partial charge in [0.2, 0.25) is 0 Å². The van der Waals surface area contributed by atoms with Crippen LogP contribution in [-0.2, 0) is 4.74 Å². The summed E-state index contributed by atoms with van der Waals surface area (Å²) in [6.45, 7) is 6.76. The molecule has 0 atom stereocenters. The van der Waals surface area contributed by atoms with Crippen molar-refractivity contribution in [3.8, 4) is 11.3 Å². The number of fused-ring (bicyclic) bond motifs is 1. The molecule has 0 saturated carbocycles. The SMILES string of the molecule is Cc1cc(-c2cccc3nc(Sc4ccc(C(=O)NCCN5CCOCC5)cc4)n[c]c23)[nH]n1. The number of aromatic nitrogens is 4. The highest BCUT2D eigenvalue weighted by Gasteiger charge is 2.12. The first-order valence-corrected chi connectivity index (χ1v) is 12.0. The smallest absolute Gasteiger partial charge is 0.251 e. The van der Waals surface area contributed by atoms with E-state index in [0.717, 1.165) is 65.6 Å². The second-order valence-corrected chi connectivity index (χ2v) is 9.12. The van der Waals surface area contributed by atoms with Crippen molar-refractivity contribution in [2.75, 3.05) is 39.4 Å². The molecule has 2 aromatic carbocycles. The average molecular weight is 474 g/mol. The number of benzene rings is 2. The third kappa shape index (κ3) is 5.27. The summed E-state index contributed by atoms with van der Waals surface area (Å²) in [5.74, 6) is -0.0679. The standard InChI is InChI=1S/C25H25N6O2S/c1-17-15-23(30-29-17)20-3-2-4-22-21(20)16-27-25(28-22)34-19-7-5-18(6-8-19)24(32)26-9-10-31-11-13-33-14-12-31/h2-8,15H,9-14H2,1H3,(H,26,32)(H,29,30). The van der Waals surface area contributed by atoms with Crippen molar-refractivity contribution in [2.45, 2.75) is 17.0 Å². The second kappa shape index (κ2) is 10.3. The van der Waals surface area contributed by atoms with Gasteiger partial charge in [-0.1, -0.05) is 12.1 Å². The van der Waals surface area contributed by atoms with Crippen LogP contribution in [0.25, 0.3) is 22.2 Å². The Hall–Kier alpha value is -3.27. The number of hydrogen-bond acceptors (Lipinski definition) is 7. The maximum absolute atomic E-state index is 12.5. The zero-order valence-electron chi connectivity index (χ0n) is 18.9. The maximum Gasteiger partial charge on any atom is 0.251 e. The Bertz CT molecular complexity index is 1280. The van der Waals surface area contributed by atoms with Crippen LogP contribution in [0.1, 0.15) is 16.1 Å². The van der Waals surface area contributed by atoms with Crippen LogP contribution in [0.4, 0.5) is 0 Å². The third-order valence-corrected chi connectivity index (χ3v) is 6.53. The summed E-state index contributed by atoms with van der Waals surface area (Å²) in [5, 5.41) is 11.7. The number of nitrogens with zero attached hydrogens (tertiary/aromatic N) is 4. The van der Waals surface area contributed by atoms with E-state index in [1.165, 1.54) is 11.8 Å². The van der Waals surface area contributed by atoms with Crippen molar-refractivity contribution in [1.82, 2.24) is 30.4 Å². The molecule has 0 aliphatic carbocycles. The van der Waals surface area contributed by atoms with E-state index in [2.05, 4.69) is 31.6 Å². The first-order valence-electron chi connectivity index (χ1n) is 11.2. The summed E-state index contributed by atoms with van der Waals surface area (Å²) in [4.78, 5) is 24.8. The van der Waals surface area contributed by atoms with Gasteiger partial charge in [-0.3, -0.25) is 14.8 Å². The van der Waals surface area contributed by atoms with Crippen LogP contribution in [0.5, 0.6) is 0 Å². The van der Waals surface area contributed by atoms with Crippen molar-refractivity contribution < 1.29 is 9.53 Å². The minimum absolute atomic E-state index is 0.0679. The Morgan fingerprint density at radius 1 is 1.21 bits per heavy atom. The van der Waals surface area contributed by atoms with Crippen LogP contribution >= 0.6 is 11.8 Å². The van der Waals surface area contributed by atoms with Crippen molar-refractivity contribution >= 4 is 28.6 Å². The molecule has 8 nitrogen and oxygen atoms in total. The first kappa shape index (κ1) is 22.5. The molecule has 1 aliphatic heterocycles. The van der Waals surface area contributed by atoms with E-state index >= 15 is 0 Å². The largest absolute Gasteiger partial charge is 0.379 e. The minimum Gasteiger partial charge on any atom is -0.379 e. The number of rotatable bonds is 7. The van der Waals surface area contributed by atoms with Gasteiger partial charge in [-0.05, 0) is 55.1 Å². The Morgan fingerprint density at radius 3 is 2.79 bits per heavy atom. The zero-order chi connectivity index (χ0) is 23.3. The van der Waals surface area contributed by atoms with Gasteiger partial charge >= 0.3 is 0 Å². The zero-order valence-corrected chi connectivity index (χ0v) is 19.7. The summed E-state index contributed by atoms with van der Waals surface area (Å²) in [6.07, 6.45) is 3.14. The monoisotopic (exact) mass is 473 g/mol. The number of amides is 1. The molecule has 4 aromatic rings. The molecule has 0 unspecified atom stereocenters. The number of nitrogens with one attached hydrogen (secondary N) is 2. The quantitative estimate of drug-likeness (QED) is 0.398. The predicted molar refractivity (Wildman–Crippen MR) is 131 cm³/mol. The molecule has 1 fully saturated rings. The lowest BCUT2D eigenvalue weighted by Crippen LogP contribution is -2.41. The molecule has 3 heterocycles. The number of H-pyrrole nitrogens is 1. The molecule has 2 aromatic heterocycles. The summed E-state index contributed by atoms with van der Waals surface area (Å²) in [5.41, 5.74) is 4.27. The highest BCUT2D eigenvalue weighted by molar-refractivity contribution is 7.99. The topological polar surface area (TPSA) is 96.0 Å². The van der Waals surface area contributed by atoms with Crippen LogP contribution in [0.15, 0.2) is 58.6 Å². The molecule has 1 saturated heterocycles. The number of hydrogen-bond donors (Lipinski definition) is 2. The lowest BCUT2D eigenvalue weighted by molar-refractivity contribution is 0.0383. The second-order valence-electron chi connectivity index (χ2n) is 8.08. The van der Waals surface area contributed by atoms with Gasteiger partial charge in [0.1, 0.15) is 6.20 Å². The van der Waals surface area contributed by atoms with Crippen molar-refractivity contribution in [3.05, 3.63) is 66.0 Å². The van der Waals surface area contributed by atoms with Gasteiger partial charge in [-0.2, -0.15) is 5.10 Å². The van der Waals surface area contributed by atoms with Crippen LogP contribution < -0.4 is 5.32 Å². The average Bonchev–Trinajstić information content (AvgIpc) is 3.30. The lowest BCUT2D eigenvalue weighted by Gasteiger charge is -2.26. The number of carbonyl (C=O) groups excluding carboxylic acids is 1. The Labute approximate surface area is 202 Å². The maximum atomic E-state index is 12.5. The number of ether oxygens (including phenoxy) is 1. The summed E-state index contributed by atoms with van der Waals surface area (Å²) in [7, 11) is 0. The predicted octanol–water partition coefficient (Wildman–Crippen LogP) is 3.34. The lowest BCUT2D eigenvalue weighted by atomic mass is 10.1. The number of morpholine rings is 1. The van der Waals surface area contributed by atoms with E-state index in [9.17, 15) is 4.79 Å². The van der Waals surface area contributed by atoms with Crippen LogP contribution in [0.2, 0.25) is 0 Å². The fraction of sp³-hybridized carbons (Fsp3) is 0.280. The van der Waals surface area contributed by atoms with E-state index in [1.807, 2.05) is 55.5 Å². The van der Waals surface area contributed by atoms with Gasteiger partial charge in [0.25, 0.3) is 5.91 Å². The Morgan fingerprint density at radius 2 is 2.03 bits per heavy atom. The number of carbonyl (C=O) groups is 1. The molecule has 1 aliphatic rings. The number of aromatic amines is 1. The fourth-order valence-corrected chi connectivity index (χ4v) is 4.56. The molecule has 0 bridgehead atoms. The highest BCUT2D eigenvalue weighted by Crippen LogP contribution is 2.29. The molecular weight excluding hydrogens is 448 g/mol. The summed E-state index contributed by atoms with van der Waals surface area (Å²) in [6, 6.07) is 15.4. The van der Waals surface area contributed by atoms with E-state index in [0.29, 0.717) is 17.3 Å². The van der Waals surface area contributed by atoms with E-state index in [-0.39, 0.29) is 5.91 Å². The minimum atomic E-state index is -0.0679. The molecule has 9 heteroatoms. The van der Waals surface area contributed by atoms with E-state index in [1.54, 1.807) is 0 Å². The summed E-state index contributed by atoms with van der Waals surface area (Å²) >= 11 is 1.44. The van der Waals surface area contributed by atoms with Crippen molar-refractivity contribution in [1.29, 1.82) is 0 Å². The van der Waals surface area contributed by atoms with Gasteiger partial charge in [-0.15, -0.1) is 0 Å². The highest BCUT2D eigenvalue weighted by atomic mass is 32.2. The Kier molecular flexibility index (Phi) is 6.84. The van der Waals surface area contributed by atoms with Crippen LogP contribution in [0, 0.1) is 13.1 Å². The molecule has 1 amide bonds. The Balaban J connectivity index is 1.22. The summed E-state index contributed by atoms with van der Waals surface area (Å²) < 4.78 is 5.35. The van der Waals surface area contributed by atoms with Gasteiger partial charge in [-0.25, -0.2) is 9.97 Å². The molecule has 173 valence electrons. The molecular formula is C25H25N6O2S. The molecule has 1 radical (unpaired) electrons. The van der Waals surface area contributed by atoms with E-state index < -0.39 is 0 Å². The van der Waals surface area contributed by atoms with Gasteiger partial charge in [0.15, 0.2) is 5.16 Å². The van der Waals surface area contributed by atoms with Crippen molar-refractivity contribution in [3.63, 3.8) is 0 Å². The van der Waals surface area contributed by atoms with E-state index in [4.69, 9.17) is 9.72 Å². The normalized spacial score (nSPS) is 14.4. The van der Waals surface area contributed by atoms with Crippen molar-refractivity contribution in [2.24, 2.45) is 0 Å². The van der Waals surface area contributed by atoms with Crippen LogP contribution in [-0.4, -0.2) is 70.4 Å². The molecule has 2 N–H and O–H groups in total. The molecule has 5 rings (SSSR count). The van der Waals surface area contributed by atoms with Crippen LogP contribution in [0.3, 0.4) is 0 Å². The first-order chi connectivity index (χ1) is 16.7. The van der Waals surface area contributed by atoms with Gasteiger partial charge in [0, 0.05) is 47.6 Å². The van der Waals surface area contributed by atoms with Gasteiger partial charge in [0.05, 0.1) is 30.1 Å². The molecule has 0 spiro atoms.